The van der Waals surface area contributed by atoms with Crippen LogP contribution in [0.1, 0.15) is 19.4 Å². The fourth-order valence-electron chi connectivity index (χ4n) is 1.10. The number of nitrogens with one attached hydrogen (secondary N) is 1. The SMILES string of the molecule is Cc1ccccc1N[C@H](C)[C@H](C)O. The van der Waals surface area contributed by atoms with Gasteiger partial charge in [-0.25, -0.2) is 0 Å². The average Bonchev–Trinajstić information content (AvgIpc) is 2.08. The van der Waals surface area contributed by atoms with E-state index in [0.717, 1.165) is 5.69 Å². The van der Waals surface area contributed by atoms with E-state index in [2.05, 4.69) is 18.3 Å². The summed E-state index contributed by atoms with van der Waals surface area (Å²) in [4.78, 5) is 0. The fraction of sp³-hybridized carbons (Fsp3) is 0.455. The van der Waals surface area contributed by atoms with Crippen LogP contribution in [-0.4, -0.2) is 17.3 Å². The highest BCUT2D eigenvalue weighted by Crippen LogP contribution is 2.14. The molecule has 0 spiro atoms. The zero-order chi connectivity index (χ0) is 9.84. The second-order valence-electron chi connectivity index (χ2n) is 3.49. The predicted molar refractivity (Wildman–Crippen MR) is 55.9 cm³/mol. The van der Waals surface area contributed by atoms with Crippen molar-refractivity contribution >= 4 is 5.69 Å². The Hall–Kier alpha value is -1.02. The Morgan fingerprint density at radius 2 is 1.85 bits per heavy atom. The molecule has 2 nitrogen and oxygen atoms in total. The molecule has 1 aromatic rings. The molecular weight excluding hydrogens is 162 g/mol. The number of aliphatic hydroxyl groups is 1. The lowest BCUT2D eigenvalue weighted by Crippen LogP contribution is -2.28. The Balaban J connectivity index is 2.69. The molecule has 0 amide bonds. The van der Waals surface area contributed by atoms with Gasteiger partial charge in [0.1, 0.15) is 0 Å². The van der Waals surface area contributed by atoms with Crippen molar-refractivity contribution in [3.63, 3.8) is 0 Å². The molecule has 1 aromatic carbocycles. The number of benzene rings is 1. The molecule has 13 heavy (non-hydrogen) atoms. The zero-order valence-electron chi connectivity index (χ0n) is 8.41. The summed E-state index contributed by atoms with van der Waals surface area (Å²) in [5.74, 6) is 0. The van der Waals surface area contributed by atoms with Gasteiger partial charge in [0, 0.05) is 11.7 Å². The molecule has 72 valence electrons. The maximum absolute atomic E-state index is 9.31. The molecule has 0 radical (unpaired) electrons. The van der Waals surface area contributed by atoms with Gasteiger partial charge in [0.05, 0.1) is 6.10 Å². The van der Waals surface area contributed by atoms with Crippen LogP contribution < -0.4 is 5.32 Å². The maximum atomic E-state index is 9.31. The highest BCUT2D eigenvalue weighted by molar-refractivity contribution is 5.50. The van der Waals surface area contributed by atoms with Gasteiger partial charge in [-0.1, -0.05) is 18.2 Å². The van der Waals surface area contributed by atoms with Gasteiger partial charge in [0.25, 0.3) is 0 Å². The van der Waals surface area contributed by atoms with Gasteiger partial charge >= 0.3 is 0 Å². The Morgan fingerprint density at radius 1 is 1.23 bits per heavy atom. The number of aryl methyl sites for hydroxylation is 1. The van der Waals surface area contributed by atoms with Gasteiger partial charge in [-0.15, -0.1) is 0 Å². The van der Waals surface area contributed by atoms with Gasteiger partial charge in [0.15, 0.2) is 0 Å². The van der Waals surface area contributed by atoms with Gasteiger partial charge in [-0.2, -0.15) is 0 Å². The third kappa shape index (κ3) is 2.74. The first-order chi connectivity index (χ1) is 6.11. The number of aliphatic hydroxyl groups excluding tert-OH is 1. The molecule has 0 aliphatic rings. The van der Waals surface area contributed by atoms with Crippen LogP contribution in [-0.2, 0) is 0 Å². The monoisotopic (exact) mass is 179 g/mol. The van der Waals surface area contributed by atoms with E-state index in [1.807, 2.05) is 25.1 Å². The molecule has 0 aliphatic heterocycles. The quantitative estimate of drug-likeness (QED) is 0.745. The van der Waals surface area contributed by atoms with Gasteiger partial charge in [-0.05, 0) is 32.4 Å². The van der Waals surface area contributed by atoms with E-state index in [1.54, 1.807) is 6.92 Å². The minimum Gasteiger partial charge on any atom is -0.391 e. The molecule has 1 rings (SSSR count). The Labute approximate surface area is 79.6 Å². The summed E-state index contributed by atoms with van der Waals surface area (Å²) in [6, 6.07) is 8.16. The van der Waals surface area contributed by atoms with Crippen molar-refractivity contribution in [2.75, 3.05) is 5.32 Å². The second-order valence-corrected chi connectivity index (χ2v) is 3.49. The van der Waals surface area contributed by atoms with Gasteiger partial charge in [0.2, 0.25) is 0 Å². The van der Waals surface area contributed by atoms with E-state index in [-0.39, 0.29) is 12.1 Å². The van der Waals surface area contributed by atoms with Crippen molar-refractivity contribution in [3.8, 4) is 0 Å². The van der Waals surface area contributed by atoms with Crippen LogP contribution in [0.15, 0.2) is 24.3 Å². The highest BCUT2D eigenvalue weighted by Gasteiger charge is 2.08. The first-order valence-electron chi connectivity index (χ1n) is 4.61. The largest absolute Gasteiger partial charge is 0.391 e. The van der Waals surface area contributed by atoms with E-state index in [4.69, 9.17) is 0 Å². The van der Waals surface area contributed by atoms with E-state index in [0.29, 0.717) is 0 Å². The van der Waals surface area contributed by atoms with Crippen molar-refractivity contribution in [2.45, 2.75) is 32.9 Å². The summed E-state index contributed by atoms with van der Waals surface area (Å²) in [6.07, 6.45) is -0.334. The van der Waals surface area contributed by atoms with Crippen LogP contribution >= 0.6 is 0 Å². The molecule has 0 fully saturated rings. The third-order valence-corrected chi connectivity index (χ3v) is 2.25. The molecule has 2 N–H and O–H groups in total. The van der Waals surface area contributed by atoms with Crippen LogP contribution in [0.3, 0.4) is 0 Å². The van der Waals surface area contributed by atoms with Crippen LogP contribution in [0, 0.1) is 6.92 Å². The molecule has 2 atom stereocenters. The van der Waals surface area contributed by atoms with Crippen molar-refractivity contribution in [3.05, 3.63) is 29.8 Å². The summed E-state index contributed by atoms with van der Waals surface area (Å²) >= 11 is 0. The Kier molecular flexibility index (Phi) is 3.32. The highest BCUT2D eigenvalue weighted by atomic mass is 16.3. The van der Waals surface area contributed by atoms with Crippen molar-refractivity contribution in [2.24, 2.45) is 0 Å². The van der Waals surface area contributed by atoms with E-state index in [9.17, 15) is 5.11 Å². The molecular formula is C11H17NO. The number of hydrogen-bond donors (Lipinski definition) is 2. The third-order valence-electron chi connectivity index (χ3n) is 2.25. The number of hydrogen-bond acceptors (Lipinski definition) is 2. The lowest BCUT2D eigenvalue weighted by atomic mass is 10.1. The maximum Gasteiger partial charge on any atom is 0.0710 e. The van der Waals surface area contributed by atoms with Crippen LogP contribution in [0.2, 0.25) is 0 Å². The van der Waals surface area contributed by atoms with E-state index < -0.39 is 0 Å². The smallest absolute Gasteiger partial charge is 0.0710 e. The molecule has 0 saturated heterocycles. The summed E-state index contributed by atoms with van der Waals surface area (Å²) in [7, 11) is 0. The summed E-state index contributed by atoms with van der Waals surface area (Å²) in [5.41, 5.74) is 2.30. The molecule has 0 aliphatic carbocycles. The molecule has 2 heteroatoms. The second kappa shape index (κ2) is 4.28. The predicted octanol–water partition coefficient (Wildman–Crippen LogP) is 2.18. The van der Waals surface area contributed by atoms with Crippen molar-refractivity contribution < 1.29 is 5.11 Å². The first kappa shape index (κ1) is 10.1. The Bertz CT molecular complexity index is 271. The molecule has 0 heterocycles. The summed E-state index contributed by atoms with van der Waals surface area (Å²) in [5, 5.41) is 12.6. The number of para-hydroxylation sites is 1. The van der Waals surface area contributed by atoms with Crippen LogP contribution in [0.4, 0.5) is 5.69 Å². The average molecular weight is 179 g/mol. The fourth-order valence-corrected chi connectivity index (χ4v) is 1.10. The zero-order valence-corrected chi connectivity index (χ0v) is 8.41. The van der Waals surface area contributed by atoms with Crippen molar-refractivity contribution in [1.82, 2.24) is 0 Å². The van der Waals surface area contributed by atoms with Gasteiger partial charge < -0.3 is 10.4 Å². The van der Waals surface area contributed by atoms with Gasteiger partial charge in [-0.3, -0.25) is 0 Å². The standard InChI is InChI=1S/C11H17NO/c1-8-6-4-5-7-11(8)12-9(2)10(3)13/h4-7,9-10,12-13H,1-3H3/t9-,10+/m1/s1. The Morgan fingerprint density at radius 3 is 2.38 bits per heavy atom. The van der Waals surface area contributed by atoms with Crippen LogP contribution in [0.5, 0.6) is 0 Å². The molecule has 0 aromatic heterocycles. The minimum absolute atomic E-state index is 0.0844. The summed E-state index contributed by atoms with van der Waals surface area (Å²) in [6.45, 7) is 5.81. The molecule has 0 saturated carbocycles. The molecule has 0 unspecified atom stereocenters. The lowest BCUT2D eigenvalue weighted by Gasteiger charge is -2.19. The first-order valence-corrected chi connectivity index (χ1v) is 4.61. The van der Waals surface area contributed by atoms with E-state index >= 15 is 0 Å². The van der Waals surface area contributed by atoms with E-state index in [1.165, 1.54) is 5.56 Å². The van der Waals surface area contributed by atoms with Crippen LogP contribution in [0.25, 0.3) is 0 Å². The normalized spacial score (nSPS) is 15.1. The van der Waals surface area contributed by atoms with Crippen molar-refractivity contribution in [1.29, 1.82) is 0 Å². The number of anilines is 1. The summed E-state index contributed by atoms with van der Waals surface area (Å²) < 4.78 is 0. The molecule has 0 bridgehead atoms. The minimum atomic E-state index is -0.334. The number of rotatable bonds is 3. The lowest BCUT2D eigenvalue weighted by molar-refractivity contribution is 0.178. The topological polar surface area (TPSA) is 32.3 Å².